The van der Waals surface area contributed by atoms with E-state index in [-0.39, 0.29) is 0 Å². The molecule has 1 fully saturated rings. The first-order valence-corrected chi connectivity index (χ1v) is 8.61. The standard InChI is InChI=1S/C17H28ClN3/c1-4-19-17-10-9-15(18)16(20-17)12-21(11-13(2)3)14-7-5-6-8-14/h9-10,13-14H,4-8,11-12H2,1-3H3,(H,19,20). The van der Waals surface area contributed by atoms with Gasteiger partial charge in [0.15, 0.2) is 0 Å². The lowest BCUT2D eigenvalue weighted by Gasteiger charge is -2.30. The lowest BCUT2D eigenvalue weighted by atomic mass is 10.1. The number of aromatic nitrogens is 1. The Morgan fingerprint density at radius 2 is 2.05 bits per heavy atom. The zero-order chi connectivity index (χ0) is 15.2. The van der Waals surface area contributed by atoms with Gasteiger partial charge in [0.25, 0.3) is 0 Å². The minimum absolute atomic E-state index is 0.668. The van der Waals surface area contributed by atoms with E-state index >= 15 is 0 Å². The lowest BCUT2D eigenvalue weighted by molar-refractivity contribution is 0.167. The van der Waals surface area contributed by atoms with E-state index in [4.69, 9.17) is 16.6 Å². The molecule has 0 radical (unpaired) electrons. The second kappa shape index (κ2) is 8.00. The molecule has 4 heteroatoms. The molecule has 1 aromatic rings. The van der Waals surface area contributed by atoms with Crippen LogP contribution in [0.15, 0.2) is 12.1 Å². The van der Waals surface area contributed by atoms with Crippen LogP contribution < -0.4 is 5.32 Å². The monoisotopic (exact) mass is 309 g/mol. The smallest absolute Gasteiger partial charge is 0.126 e. The molecule has 1 aromatic heterocycles. The number of anilines is 1. The fourth-order valence-electron chi connectivity index (χ4n) is 3.15. The lowest BCUT2D eigenvalue weighted by Crippen LogP contribution is -2.36. The van der Waals surface area contributed by atoms with Crippen LogP contribution in [0.4, 0.5) is 5.82 Å². The van der Waals surface area contributed by atoms with Crippen LogP contribution >= 0.6 is 11.6 Å². The predicted molar refractivity (Wildman–Crippen MR) is 90.9 cm³/mol. The first-order valence-electron chi connectivity index (χ1n) is 8.23. The summed E-state index contributed by atoms with van der Waals surface area (Å²) >= 11 is 6.37. The van der Waals surface area contributed by atoms with E-state index < -0.39 is 0 Å². The van der Waals surface area contributed by atoms with Gasteiger partial charge in [-0.05, 0) is 37.8 Å². The van der Waals surface area contributed by atoms with E-state index in [1.54, 1.807) is 0 Å². The topological polar surface area (TPSA) is 28.2 Å². The van der Waals surface area contributed by atoms with Gasteiger partial charge in [0.1, 0.15) is 5.82 Å². The van der Waals surface area contributed by atoms with Gasteiger partial charge < -0.3 is 5.32 Å². The van der Waals surface area contributed by atoms with Crippen molar-refractivity contribution < 1.29 is 0 Å². The molecular weight excluding hydrogens is 282 g/mol. The largest absolute Gasteiger partial charge is 0.370 e. The third-order valence-corrected chi connectivity index (χ3v) is 4.41. The van der Waals surface area contributed by atoms with Crippen LogP contribution in [0.25, 0.3) is 0 Å². The Kier molecular flexibility index (Phi) is 6.31. The van der Waals surface area contributed by atoms with Crippen molar-refractivity contribution in [3.05, 3.63) is 22.8 Å². The molecule has 118 valence electrons. The molecule has 1 aliphatic carbocycles. The Morgan fingerprint density at radius 1 is 1.33 bits per heavy atom. The van der Waals surface area contributed by atoms with Crippen molar-refractivity contribution in [2.75, 3.05) is 18.4 Å². The fourth-order valence-corrected chi connectivity index (χ4v) is 3.31. The third kappa shape index (κ3) is 4.86. The molecule has 0 saturated heterocycles. The van der Waals surface area contributed by atoms with Crippen molar-refractivity contribution in [3.8, 4) is 0 Å². The molecule has 1 saturated carbocycles. The Bertz CT molecular complexity index is 442. The molecule has 1 aliphatic rings. The molecule has 0 aromatic carbocycles. The van der Waals surface area contributed by atoms with Crippen LogP contribution in [0.2, 0.25) is 5.02 Å². The highest BCUT2D eigenvalue weighted by Gasteiger charge is 2.24. The van der Waals surface area contributed by atoms with Gasteiger partial charge >= 0.3 is 0 Å². The second-order valence-corrected chi connectivity index (χ2v) is 6.82. The summed E-state index contributed by atoms with van der Waals surface area (Å²) in [6, 6.07) is 4.62. The number of rotatable bonds is 7. The average molecular weight is 310 g/mol. The number of pyridine rings is 1. The minimum Gasteiger partial charge on any atom is -0.370 e. The van der Waals surface area contributed by atoms with Gasteiger partial charge in [0, 0.05) is 25.7 Å². The molecule has 3 nitrogen and oxygen atoms in total. The number of nitrogens with one attached hydrogen (secondary N) is 1. The van der Waals surface area contributed by atoms with E-state index in [0.29, 0.717) is 12.0 Å². The summed E-state index contributed by atoms with van der Waals surface area (Å²) in [5, 5.41) is 4.05. The highest BCUT2D eigenvalue weighted by molar-refractivity contribution is 6.31. The second-order valence-electron chi connectivity index (χ2n) is 6.42. The van der Waals surface area contributed by atoms with E-state index in [1.807, 2.05) is 12.1 Å². The predicted octanol–water partition coefficient (Wildman–Crippen LogP) is 4.57. The zero-order valence-corrected chi connectivity index (χ0v) is 14.3. The zero-order valence-electron chi connectivity index (χ0n) is 13.5. The summed E-state index contributed by atoms with van der Waals surface area (Å²) in [6.07, 6.45) is 5.35. The van der Waals surface area contributed by atoms with Crippen LogP contribution in [0.3, 0.4) is 0 Å². The van der Waals surface area contributed by atoms with Gasteiger partial charge in [-0.3, -0.25) is 4.90 Å². The summed E-state index contributed by atoms with van der Waals surface area (Å²) < 4.78 is 0. The summed E-state index contributed by atoms with van der Waals surface area (Å²) in [7, 11) is 0. The molecule has 0 bridgehead atoms. The van der Waals surface area contributed by atoms with Crippen molar-refractivity contribution in [2.24, 2.45) is 5.92 Å². The molecule has 0 aliphatic heterocycles. The molecule has 0 unspecified atom stereocenters. The molecule has 1 heterocycles. The summed E-state index contributed by atoms with van der Waals surface area (Å²) in [6.45, 7) is 9.51. The molecule has 2 rings (SSSR count). The fraction of sp³-hybridized carbons (Fsp3) is 0.706. The van der Waals surface area contributed by atoms with Crippen LogP contribution in [0, 0.1) is 5.92 Å². The highest BCUT2D eigenvalue weighted by atomic mass is 35.5. The van der Waals surface area contributed by atoms with Crippen molar-refractivity contribution in [1.82, 2.24) is 9.88 Å². The Hall–Kier alpha value is -0.800. The highest BCUT2D eigenvalue weighted by Crippen LogP contribution is 2.27. The van der Waals surface area contributed by atoms with E-state index in [9.17, 15) is 0 Å². The maximum Gasteiger partial charge on any atom is 0.126 e. The SMILES string of the molecule is CCNc1ccc(Cl)c(CN(CC(C)C)C2CCCC2)n1. The van der Waals surface area contributed by atoms with E-state index in [2.05, 4.69) is 31.0 Å². The Balaban J connectivity index is 2.12. The van der Waals surface area contributed by atoms with Crippen LogP contribution in [0.1, 0.15) is 52.1 Å². The molecule has 0 spiro atoms. The Morgan fingerprint density at radius 3 is 2.67 bits per heavy atom. The van der Waals surface area contributed by atoms with E-state index in [1.165, 1.54) is 25.7 Å². The molecule has 21 heavy (non-hydrogen) atoms. The summed E-state index contributed by atoms with van der Waals surface area (Å²) in [4.78, 5) is 7.28. The number of hydrogen-bond donors (Lipinski definition) is 1. The maximum atomic E-state index is 6.37. The number of nitrogens with zero attached hydrogens (tertiary/aromatic N) is 2. The minimum atomic E-state index is 0.668. The first kappa shape index (κ1) is 16.6. The van der Waals surface area contributed by atoms with E-state index in [0.717, 1.165) is 36.2 Å². The van der Waals surface area contributed by atoms with Crippen molar-refractivity contribution in [2.45, 2.75) is 59.0 Å². The van der Waals surface area contributed by atoms with Crippen molar-refractivity contribution in [1.29, 1.82) is 0 Å². The molecule has 1 N–H and O–H groups in total. The van der Waals surface area contributed by atoms with Crippen LogP contribution in [0.5, 0.6) is 0 Å². The average Bonchev–Trinajstić information content (AvgIpc) is 2.95. The molecular formula is C17H28ClN3. The normalized spacial score (nSPS) is 16.1. The van der Waals surface area contributed by atoms with Crippen LogP contribution in [-0.2, 0) is 6.54 Å². The molecule has 0 amide bonds. The van der Waals surface area contributed by atoms with Gasteiger partial charge in [-0.1, -0.05) is 38.3 Å². The number of halogens is 1. The van der Waals surface area contributed by atoms with Crippen molar-refractivity contribution in [3.63, 3.8) is 0 Å². The van der Waals surface area contributed by atoms with Gasteiger partial charge in [0.05, 0.1) is 10.7 Å². The van der Waals surface area contributed by atoms with Crippen LogP contribution in [-0.4, -0.2) is 29.0 Å². The van der Waals surface area contributed by atoms with Gasteiger partial charge in [0.2, 0.25) is 0 Å². The van der Waals surface area contributed by atoms with Gasteiger partial charge in [-0.2, -0.15) is 0 Å². The maximum absolute atomic E-state index is 6.37. The van der Waals surface area contributed by atoms with Gasteiger partial charge in [-0.25, -0.2) is 4.98 Å². The Labute approximate surface area is 134 Å². The quantitative estimate of drug-likeness (QED) is 0.800. The van der Waals surface area contributed by atoms with Crippen molar-refractivity contribution >= 4 is 17.4 Å². The summed E-state index contributed by atoms with van der Waals surface area (Å²) in [5.41, 5.74) is 1.00. The van der Waals surface area contributed by atoms with Gasteiger partial charge in [-0.15, -0.1) is 0 Å². The number of hydrogen-bond acceptors (Lipinski definition) is 3. The molecule has 0 atom stereocenters. The third-order valence-electron chi connectivity index (χ3n) is 4.07. The summed E-state index contributed by atoms with van der Waals surface area (Å²) in [5.74, 6) is 1.59. The first-order chi connectivity index (χ1) is 10.1.